The van der Waals surface area contributed by atoms with Gasteiger partial charge in [0.25, 0.3) is 0 Å². The van der Waals surface area contributed by atoms with Gasteiger partial charge in [-0.25, -0.2) is 0 Å². The molecule has 1 aromatic carbocycles. The number of benzene rings is 1. The number of hydrogen-bond acceptors (Lipinski definition) is 4. The number of rotatable bonds is 10. The van der Waals surface area contributed by atoms with E-state index in [2.05, 4.69) is 31.3 Å². The Bertz CT molecular complexity index is 534. The van der Waals surface area contributed by atoms with Crippen LogP contribution < -0.4 is 10.1 Å². The molecule has 0 aliphatic carbocycles. The van der Waals surface area contributed by atoms with Crippen LogP contribution in [0.2, 0.25) is 0 Å². The van der Waals surface area contributed by atoms with Gasteiger partial charge in [0.1, 0.15) is 11.5 Å². The molecule has 0 bridgehead atoms. The maximum Gasteiger partial charge on any atom is 0.123 e. The standard InChI is InChI=1S/C19H27NO3/c1-4-22-17-9-7-16(8-10-17)12-20-18(14-21-13-15(2)3)19-6-5-11-23-19/h5-11,15,18,20H,4,12-14H2,1-3H3. The summed E-state index contributed by atoms with van der Waals surface area (Å²) in [4.78, 5) is 0. The maximum atomic E-state index is 5.78. The van der Waals surface area contributed by atoms with Gasteiger partial charge in [-0.05, 0) is 42.7 Å². The van der Waals surface area contributed by atoms with Gasteiger partial charge in [0.05, 0.1) is 25.5 Å². The fourth-order valence-corrected chi connectivity index (χ4v) is 2.26. The summed E-state index contributed by atoms with van der Waals surface area (Å²) in [6.07, 6.45) is 1.70. The summed E-state index contributed by atoms with van der Waals surface area (Å²) in [7, 11) is 0. The molecule has 0 saturated heterocycles. The van der Waals surface area contributed by atoms with Gasteiger partial charge < -0.3 is 19.2 Å². The van der Waals surface area contributed by atoms with E-state index in [0.717, 1.165) is 24.7 Å². The number of hydrogen-bond donors (Lipinski definition) is 1. The van der Waals surface area contributed by atoms with Crippen LogP contribution >= 0.6 is 0 Å². The maximum absolute atomic E-state index is 5.78. The van der Waals surface area contributed by atoms with E-state index in [1.54, 1.807) is 6.26 Å². The molecule has 0 aliphatic heterocycles. The highest BCUT2D eigenvalue weighted by atomic mass is 16.5. The van der Waals surface area contributed by atoms with Crippen molar-refractivity contribution in [2.24, 2.45) is 5.92 Å². The molecule has 0 fully saturated rings. The summed E-state index contributed by atoms with van der Waals surface area (Å²) in [6, 6.07) is 12.1. The van der Waals surface area contributed by atoms with Crippen molar-refractivity contribution in [1.82, 2.24) is 5.32 Å². The molecule has 2 rings (SSSR count). The van der Waals surface area contributed by atoms with E-state index < -0.39 is 0 Å². The fraction of sp³-hybridized carbons (Fsp3) is 0.474. The monoisotopic (exact) mass is 317 g/mol. The molecule has 23 heavy (non-hydrogen) atoms. The van der Waals surface area contributed by atoms with E-state index in [1.165, 1.54) is 5.56 Å². The van der Waals surface area contributed by atoms with Gasteiger partial charge in [-0.15, -0.1) is 0 Å². The van der Waals surface area contributed by atoms with Crippen LogP contribution in [0.3, 0.4) is 0 Å². The first-order chi connectivity index (χ1) is 11.2. The quantitative estimate of drug-likeness (QED) is 0.714. The number of nitrogens with one attached hydrogen (secondary N) is 1. The molecule has 1 N–H and O–H groups in total. The minimum absolute atomic E-state index is 0.0512. The molecule has 0 spiro atoms. The zero-order chi connectivity index (χ0) is 16.5. The molecular weight excluding hydrogens is 290 g/mol. The van der Waals surface area contributed by atoms with Crippen molar-refractivity contribution in [2.75, 3.05) is 19.8 Å². The Hall–Kier alpha value is -1.78. The molecule has 126 valence electrons. The van der Waals surface area contributed by atoms with Gasteiger partial charge in [-0.3, -0.25) is 0 Å². The smallest absolute Gasteiger partial charge is 0.123 e. The molecule has 2 aromatic rings. The summed E-state index contributed by atoms with van der Waals surface area (Å²) >= 11 is 0. The fourth-order valence-electron chi connectivity index (χ4n) is 2.26. The summed E-state index contributed by atoms with van der Waals surface area (Å²) in [5.41, 5.74) is 1.20. The molecule has 1 aromatic heterocycles. The average molecular weight is 317 g/mol. The second-order valence-corrected chi connectivity index (χ2v) is 5.96. The molecule has 0 radical (unpaired) electrons. The van der Waals surface area contributed by atoms with E-state index in [0.29, 0.717) is 19.1 Å². The highest BCUT2D eigenvalue weighted by Gasteiger charge is 2.14. The molecular formula is C19H27NO3. The molecule has 0 aliphatic rings. The summed E-state index contributed by atoms with van der Waals surface area (Å²) in [6.45, 7) is 9.07. The van der Waals surface area contributed by atoms with Crippen LogP contribution in [0.15, 0.2) is 47.1 Å². The molecule has 0 amide bonds. The summed E-state index contributed by atoms with van der Waals surface area (Å²) in [5, 5.41) is 3.50. The third kappa shape index (κ3) is 6.08. The molecule has 1 heterocycles. The lowest BCUT2D eigenvalue weighted by Gasteiger charge is -2.18. The van der Waals surface area contributed by atoms with Gasteiger partial charge in [0.2, 0.25) is 0 Å². The van der Waals surface area contributed by atoms with Crippen LogP contribution in [0.25, 0.3) is 0 Å². The predicted octanol–water partition coefficient (Wildman–Crippen LogP) is 4.18. The van der Waals surface area contributed by atoms with Crippen LogP contribution in [0.1, 0.15) is 38.1 Å². The van der Waals surface area contributed by atoms with E-state index in [4.69, 9.17) is 13.9 Å². The Morgan fingerprint density at radius 3 is 2.48 bits per heavy atom. The SMILES string of the molecule is CCOc1ccc(CNC(COCC(C)C)c2ccco2)cc1. The third-order valence-corrected chi connectivity index (χ3v) is 3.41. The zero-order valence-corrected chi connectivity index (χ0v) is 14.2. The molecule has 0 saturated carbocycles. The van der Waals surface area contributed by atoms with Gasteiger partial charge >= 0.3 is 0 Å². The summed E-state index contributed by atoms with van der Waals surface area (Å²) < 4.78 is 16.8. The van der Waals surface area contributed by atoms with Crippen molar-refractivity contribution in [3.05, 3.63) is 54.0 Å². The zero-order valence-electron chi connectivity index (χ0n) is 14.2. The lowest BCUT2D eigenvalue weighted by Crippen LogP contribution is -2.25. The Kier molecular flexibility index (Phi) is 7.17. The normalized spacial score (nSPS) is 12.5. The Labute approximate surface area is 138 Å². The number of ether oxygens (including phenoxy) is 2. The van der Waals surface area contributed by atoms with Crippen LogP contribution in [0, 0.1) is 5.92 Å². The minimum Gasteiger partial charge on any atom is -0.494 e. The third-order valence-electron chi connectivity index (χ3n) is 3.41. The molecule has 4 heteroatoms. The molecule has 4 nitrogen and oxygen atoms in total. The van der Waals surface area contributed by atoms with Crippen molar-refractivity contribution in [3.63, 3.8) is 0 Å². The first-order valence-electron chi connectivity index (χ1n) is 8.25. The van der Waals surface area contributed by atoms with Crippen molar-refractivity contribution in [3.8, 4) is 5.75 Å². The molecule has 1 atom stereocenters. The van der Waals surface area contributed by atoms with E-state index in [9.17, 15) is 0 Å². The average Bonchev–Trinajstić information content (AvgIpc) is 3.06. The van der Waals surface area contributed by atoms with Crippen molar-refractivity contribution in [2.45, 2.75) is 33.4 Å². The second-order valence-electron chi connectivity index (χ2n) is 5.96. The largest absolute Gasteiger partial charge is 0.494 e. The van der Waals surface area contributed by atoms with Gasteiger partial charge in [-0.1, -0.05) is 26.0 Å². The molecule has 1 unspecified atom stereocenters. The van der Waals surface area contributed by atoms with Crippen molar-refractivity contribution in [1.29, 1.82) is 0 Å². The summed E-state index contributed by atoms with van der Waals surface area (Å²) in [5.74, 6) is 2.33. The first kappa shape index (κ1) is 17.6. The van der Waals surface area contributed by atoms with E-state index in [-0.39, 0.29) is 6.04 Å². The van der Waals surface area contributed by atoms with Gasteiger partial charge in [0.15, 0.2) is 0 Å². The second kappa shape index (κ2) is 9.38. The Morgan fingerprint density at radius 2 is 1.87 bits per heavy atom. The van der Waals surface area contributed by atoms with E-state index >= 15 is 0 Å². The lowest BCUT2D eigenvalue weighted by molar-refractivity contribution is 0.0844. The predicted molar refractivity (Wildman–Crippen MR) is 91.6 cm³/mol. The van der Waals surface area contributed by atoms with Crippen LogP contribution in [0.4, 0.5) is 0 Å². The van der Waals surface area contributed by atoms with Gasteiger partial charge in [0, 0.05) is 13.2 Å². The Balaban J connectivity index is 1.89. The lowest BCUT2D eigenvalue weighted by atomic mass is 10.2. The highest BCUT2D eigenvalue weighted by Crippen LogP contribution is 2.17. The number of furan rings is 1. The first-order valence-corrected chi connectivity index (χ1v) is 8.25. The van der Waals surface area contributed by atoms with E-state index in [1.807, 2.05) is 31.2 Å². The Morgan fingerprint density at radius 1 is 1.09 bits per heavy atom. The van der Waals surface area contributed by atoms with Crippen LogP contribution in [-0.4, -0.2) is 19.8 Å². The van der Waals surface area contributed by atoms with Crippen LogP contribution in [-0.2, 0) is 11.3 Å². The highest BCUT2D eigenvalue weighted by molar-refractivity contribution is 5.27. The van der Waals surface area contributed by atoms with Crippen LogP contribution in [0.5, 0.6) is 5.75 Å². The van der Waals surface area contributed by atoms with Crippen molar-refractivity contribution >= 4 is 0 Å². The van der Waals surface area contributed by atoms with Gasteiger partial charge in [-0.2, -0.15) is 0 Å². The topological polar surface area (TPSA) is 43.6 Å². The minimum atomic E-state index is 0.0512. The van der Waals surface area contributed by atoms with Crippen molar-refractivity contribution < 1.29 is 13.9 Å².